The van der Waals surface area contributed by atoms with Gasteiger partial charge in [-0.05, 0) is 79.8 Å². The van der Waals surface area contributed by atoms with Gasteiger partial charge in [-0.2, -0.15) is 0 Å². The Hall–Kier alpha value is -0.620. The molecule has 0 unspecified atom stereocenters. The fourth-order valence-corrected chi connectivity index (χ4v) is 2.56. The van der Waals surface area contributed by atoms with Crippen molar-refractivity contribution in [1.82, 2.24) is 9.80 Å². The highest BCUT2D eigenvalue weighted by Crippen LogP contribution is 2.10. The largest absolute Gasteiger partial charge is 0.339 e. The zero-order chi connectivity index (χ0) is 15.0. The van der Waals surface area contributed by atoms with Crippen LogP contribution in [0.4, 0.5) is 0 Å². The molecular weight excluding hydrogens is 363 g/mol. The van der Waals surface area contributed by atoms with Gasteiger partial charge in [0.2, 0.25) is 0 Å². The third-order valence-corrected chi connectivity index (χ3v) is 4.28. The predicted molar refractivity (Wildman–Crippen MR) is 93.1 cm³/mol. The summed E-state index contributed by atoms with van der Waals surface area (Å²) in [4.78, 5) is 16.7. The average molecular weight is 388 g/mol. The summed E-state index contributed by atoms with van der Waals surface area (Å²) in [7, 11) is 0. The second-order valence-electron chi connectivity index (χ2n) is 4.77. The fourth-order valence-electron chi connectivity index (χ4n) is 2.20. The van der Waals surface area contributed by atoms with E-state index in [1.165, 1.54) is 0 Å². The molecule has 0 saturated carbocycles. The minimum atomic E-state index is 0.142. The molecule has 0 aromatic heterocycles. The van der Waals surface area contributed by atoms with Crippen LogP contribution in [0.15, 0.2) is 24.3 Å². The van der Waals surface area contributed by atoms with Gasteiger partial charge in [-0.25, -0.2) is 0 Å². The number of nitrogens with zero attached hydrogens (tertiary/aromatic N) is 2. The first-order valence-corrected chi connectivity index (χ1v) is 8.47. The summed E-state index contributed by atoms with van der Waals surface area (Å²) >= 11 is 2.25. The van der Waals surface area contributed by atoms with Crippen LogP contribution < -0.4 is 0 Å². The molecule has 0 aliphatic carbocycles. The first-order chi connectivity index (χ1) is 9.62. The zero-order valence-electron chi connectivity index (χ0n) is 12.7. The predicted octanol–water partition coefficient (Wildman–Crippen LogP) is 3.49. The standard InChI is InChI=1S/C16H25IN2O/c1-4-18(5-2)12-7-13-19(6-3)16(20)14-8-10-15(17)11-9-14/h8-11H,4-7,12-13H2,1-3H3. The van der Waals surface area contributed by atoms with Gasteiger partial charge in [0.25, 0.3) is 5.91 Å². The van der Waals surface area contributed by atoms with Crippen LogP contribution in [0.1, 0.15) is 37.6 Å². The lowest BCUT2D eigenvalue weighted by atomic mass is 10.2. The van der Waals surface area contributed by atoms with E-state index in [4.69, 9.17) is 0 Å². The van der Waals surface area contributed by atoms with E-state index in [9.17, 15) is 4.79 Å². The number of hydrogen-bond donors (Lipinski definition) is 0. The van der Waals surface area contributed by atoms with Crippen LogP contribution in [-0.2, 0) is 0 Å². The van der Waals surface area contributed by atoms with Crippen molar-refractivity contribution in [2.45, 2.75) is 27.2 Å². The van der Waals surface area contributed by atoms with Crippen LogP contribution in [0.3, 0.4) is 0 Å². The van der Waals surface area contributed by atoms with Crippen LogP contribution >= 0.6 is 22.6 Å². The smallest absolute Gasteiger partial charge is 0.253 e. The van der Waals surface area contributed by atoms with Gasteiger partial charge in [0.1, 0.15) is 0 Å². The number of carbonyl (C=O) groups is 1. The van der Waals surface area contributed by atoms with Crippen LogP contribution in [0.25, 0.3) is 0 Å². The molecule has 1 aromatic rings. The molecule has 0 spiro atoms. The van der Waals surface area contributed by atoms with Gasteiger partial charge >= 0.3 is 0 Å². The minimum Gasteiger partial charge on any atom is -0.339 e. The summed E-state index contributed by atoms with van der Waals surface area (Å²) in [5.41, 5.74) is 0.787. The van der Waals surface area contributed by atoms with Crippen LogP contribution in [0, 0.1) is 3.57 Å². The van der Waals surface area contributed by atoms with Crippen LogP contribution in [-0.4, -0.2) is 48.4 Å². The number of halogens is 1. The van der Waals surface area contributed by atoms with Crippen molar-refractivity contribution in [3.05, 3.63) is 33.4 Å². The van der Waals surface area contributed by atoms with E-state index in [0.717, 1.165) is 48.3 Å². The van der Waals surface area contributed by atoms with E-state index in [1.807, 2.05) is 36.1 Å². The van der Waals surface area contributed by atoms with Crippen LogP contribution in [0.2, 0.25) is 0 Å². The topological polar surface area (TPSA) is 23.6 Å². The summed E-state index contributed by atoms with van der Waals surface area (Å²) in [5, 5.41) is 0. The van der Waals surface area contributed by atoms with Crippen molar-refractivity contribution in [1.29, 1.82) is 0 Å². The lowest BCUT2D eigenvalue weighted by Crippen LogP contribution is -2.34. The van der Waals surface area contributed by atoms with Crippen molar-refractivity contribution in [3.8, 4) is 0 Å². The SMILES string of the molecule is CCN(CC)CCCN(CC)C(=O)c1ccc(I)cc1. The third kappa shape index (κ3) is 5.40. The summed E-state index contributed by atoms with van der Waals surface area (Å²) in [5.74, 6) is 0.142. The molecule has 0 fully saturated rings. The molecule has 0 atom stereocenters. The molecule has 0 bridgehead atoms. The molecule has 0 radical (unpaired) electrons. The Balaban J connectivity index is 2.53. The number of hydrogen-bond acceptors (Lipinski definition) is 2. The Bertz CT molecular complexity index is 401. The van der Waals surface area contributed by atoms with Gasteiger partial charge in [-0.15, -0.1) is 0 Å². The highest BCUT2D eigenvalue weighted by molar-refractivity contribution is 14.1. The van der Waals surface area contributed by atoms with Crippen molar-refractivity contribution in [2.75, 3.05) is 32.7 Å². The number of benzene rings is 1. The Morgan fingerprint density at radius 3 is 2.10 bits per heavy atom. The highest BCUT2D eigenvalue weighted by atomic mass is 127. The molecule has 1 rings (SSSR count). The van der Waals surface area contributed by atoms with Gasteiger partial charge in [-0.1, -0.05) is 13.8 Å². The Labute approximate surface area is 136 Å². The molecule has 0 saturated heterocycles. The zero-order valence-corrected chi connectivity index (χ0v) is 14.9. The quantitative estimate of drug-likeness (QED) is 0.637. The summed E-state index contributed by atoms with van der Waals surface area (Å²) < 4.78 is 1.16. The normalized spacial score (nSPS) is 10.8. The molecule has 3 nitrogen and oxygen atoms in total. The van der Waals surface area contributed by atoms with Gasteiger partial charge in [0.05, 0.1) is 0 Å². The second-order valence-corrected chi connectivity index (χ2v) is 6.02. The second kappa shape index (κ2) is 9.34. The molecule has 4 heteroatoms. The maximum atomic E-state index is 12.4. The van der Waals surface area contributed by atoms with Crippen molar-refractivity contribution in [3.63, 3.8) is 0 Å². The van der Waals surface area contributed by atoms with E-state index < -0.39 is 0 Å². The Morgan fingerprint density at radius 1 is 1.00 bits per heavy atom. The Kier molecular flexibility index (Phi) is 8.14. The molecule has 1 aromatic carbocycles. The first-order valence-electron chi connectivity index (χ1n) is 7.39. The van der Waals surface area contributed by atoms with Gasteiger partial charge in [-0.3, -0.25) is 4.79 Å². The monoisotopic (exact) mass is 388 g/mol. The molecule has 112 valence electrons. The van der Waals surface area contributed by atoms with E-state index in [2.05, 4.69) is 41.3 Å². The summed E-state index contributed by atoms with van der Waals surface area (Å²) in [6, 6.07) is 7.80. The first kappa shape index (κ1) is 17.4. The number of amides is 1. The van der Waals surface area contributed by atoms with Gasteiger partial charge in [0, 0.05) is 22.2 Å². The maximum absolute atomic E-state index is 12.4. The van der Waals surface area contributed by atoms with E-state index in [-0.39, 0.29) is 5.91 Å². The molecule has 0 aliphatic heterocycles. The molecule has 1 amide bonds. The number of carbonyl (C=O) groups excluding carboxylic acids is 1. The summed E-state index contributed by atoms with van der Waals surface area (Å²) in [6.07, 6.45) is 1.03. The Morgan fingerprint density at radius 2 is 1.60 bits per heavy atom. The third-order valence-electron chi connectivity index (χ3n) is 3.56. The molecule has 0 heterocycles. The maximum Gasteiger partial charge on any atom is 0.253 e. The van der Waals surface area contributed by atoms with Gasteiger partial charge in [0.15, 0.2) is 0 Å². The highest BCUT2D eigenvalue weighted by Gasteiger charge is 2.13. The average Bonchev–Trinajstić information content (AvgIpc) is 2.48. The van der Waals surface area contributed by atoms with E-state index >= 15 is 0 Å². The molecule has 0 aliphatic rings. The number of rotatable bonds is 8. The van der Waals surface area contributed by atoms with Crippen LogP contribution in [0.5, 0.6) is 0 Å². The molecule has 20 heavy (non-hydrogen) atoms. The summed E-state index contributed by atoms with van der Waals surface area (Å²) in [6.45, 7) is 11.2. The minimum absolute atomic E-state index is 0.142. The van der Waals surface area contributed by atoms with Crippen molar-refractivity contribution >= 4 is 28.5 Å². The van der Waals surface area contributed by atoms with E-state index in [1.54, 1.807) is 0 Å². The van der Waals surface area contributed by atoms with Crippen molar-refractivity contribution in [2.24, 2.45) is 0 Å². The van der Waals surface area contributed by atoms with E-state index in [0.29, 0.717) is 0 Å². The molecular formula is C16H25IN2O. The fraction of sp³-hybridized carbons (Fsp3) is 0.562. The lowest BCUT2D eigenvalue weighted by Gasteiger charge is -2.23. The van der Waals surface area contributed by atoms with Gasteiger partial charge < -0.3 is 9.80 Å². The van der Waals surface area contributed by atoms with Crippen molar-refractivity contribution < 1.29 is 4.79 Å². The lowest BCUT2D eigenvalue weighted by molar-refractivity contribution is 0.0757. The molecule has 0 N–H and O–H groups in total.